The van der Waals surface area contributed by atoms with E-state index in [4.69, 9.17) is 11.6 Å². The zero-order chi connectivity index (χ0) is 29.5. The number of alkyl halides is 2. The second-order valence-electron chi connectivity index (χ2n) is 10.9. The number of carbonyl (C=O) groups excluding carboxylic acids is 1. The maximum absolute atomic E-state index is 15.2. The van der Waals surface area contributed by atoms with Crippen LogP contribution >= 0.6 is 11.6 Å². The predicted molar refractivity (Wildman–Crippen MR) is 157 cm³/mol. The topological polar surface area (TPSA) is 97.9 Å². The number of anilines is 2. The van der Waals surface area contributed by atoms with Crippen LogP contribution in [0.25, 0.3) is 0 Å². The van der Waals surface area contributed by atoms with E-state index in [1.165, 1.54) is 34.6 Å². The molecule has 4 heterocycles. The summed E-state index contributed by atoms with van der Waals surface area (Å²) < 4.78 is 58.7. The summed E-state index contributed by atoms with van der Waals surface area (Å²) in [6.07, 6.45) is 0.386. The maximum atomic E-state index is 15.2. The molecule has 1 atom stereocenters. The van der Waals surface area contributed by atoms with Crippen LogP contribution in [0.1, 0.15) is 17.5 Å². The van der Waals surface area contributed by atoms with Crippen molar-refractivity contribution in [2.75, 3.05) is 62.2 Å². The van der Waals surface area contributed by atoms with Crippen LogP contribution in [0.2, 0.25) is 5.15 Å². The van der Waals surface area contributed by atoms with Gasteiger partial charge >= 0.3 is 0 Å². The first-order valence-electron chi connectivity index (χ1n) is 13.8. The Morgan fingerprint density at radius 3 is 2.31 bits per heavy atom. The first-order valence-corrected chi connectivity index (χ1v) is 15.6. The van der Waals surface area contributed by atoms with Crippen molar-refractivity contribution in [1.29, 1.82) is 0 Å². The third kappa shape index (κ3) is 5.49. The summed E-state index contributed by atoms with van der Waals surface area (Å²) >= 11 is 6.15. The first kappa shape index (κ1) is 28.9. The van der Waals surface area contributed by atoms with E-state index in [1.54, 1.807) is 40.1 Å². The van der Waals surface area contributed by atoms with Gasteiger partial charge in [0.25, 0.3) is 5.92 Å². The number of hydrogen-bond donors (Lipinski definition) is 2. The highest BCUT2D eigenvalue weighted by atomic mass is 35.5. The third-order valence-corrected chi connectivity index (χ3v) is 10.3. The van der Waals surface area contributed by atoms with Gasteiger partial charge in [-0.15, -0.1) is 0 Å². The van der Waals surface area contributed by atoms with Crippen molar-refractivity contribution >= 4 is 39.0 Å². The molecule has 3 aliphatic heterocycles. The predicted octanol–water partition coefficient (Wildman–Crippen LogP) is 3.05. The van der Waals surface area contributed by atoms with Crippen molar-refractivity contribution in [3.63, 3.8) is 0 Å². The molecule has 42 heavy (non-hydrogen) atoms. The van der Waals surface area contributed by atoms with Gasteiger partial charge in [0.2, 0.25) is 15.9 Å². The van der Waals surface area contributed by atoms with Gasteiger partial charge in [0.15, 0.2) is 0 Å². The number of hydrogen-bond acceptors (Lipinski definition) is 7. The van der Waals surface area contributed by atoms with Crippen LogP contribution in [-0.4, -0.2) is 81.5 Å². The Morgan fingerprint density at radius 2 is 1.64 bits per heavy atom. The number of carbonyl (C=O) groups is 1. The van der Waals surface area contributed by atoms with E-state index in [2.05, 4.69) is 15.6 Å². The van der Waals surface area contributed by atoms with Crippen molar-refractivity contribution in [1.82, 2.24) is 19.9 Å². The standard InChI is InChI=1S/C29H31ClF2N6O3S/c30-25-16-22(29(31,32)21-4-2-1-3-5-21)17-26(35-25)36-12-14-37(15-13-36)42(40,41)24-8-6-23(7-9-24)38-20-28(18-27(38)39)19-33-10-11-34-28/h1-9,16-17,33-34H,10-15,18-20H2. The third-order valence-electron chi connectivity index (χ3n) is 8.14. The Bertz CT molecular complexity index is 1560. The molecule has 2 N–H and O–H groups in total. The number of rotatable bonds is 6. The normalized spacial score (nSPS) is 22.2. The molecule has 1 aromatic heterocycles. The Kier molecular flexibility index (Phi) is 7.69. The fraction of sp³-hybridized carbons (Fsp3) is 0.379. The molecule has 0 bridgehead atoms. The highest BCUT2D eigenvalue weighted by Gasteiger charge is 2.44. The lowest BCUT2D eigenvalue weighted by Crippen LogP contribution is -2.60. The maximum Gasteiger partial charge on any atom is 0.298 e. The quantitative estimate of drug-likeness (QED) is 0.411. The largest absolute Gasteiger partial charge is 0.354 e. The molecular formula is C29H31ClF2N6O3S. The van der Waals surface area contributed by atoms with E-state index in [0.29, 0.717) is 25.2 Å². The van der Waals surface area contributed by atoms with Crippen LogP contribution in [0, 0.1) is 0 Å². The van der Waals surface area contributed by atoms with Crippen LogP contribution in [-0.2, 0) is 20.7 Å². The molecule has 3 saturated heterocycles. The van der Waals surface area contributed by atoms with E-state index in [-0.39, 0.29) is 64.6 Å². The molecular weight excluding hydrogens is 586 g/mol. The summed E-state index contributed by atoms with van der Waals surface area (Å²) in [5.74, 6) is -3.01. The molecule has 3 fully saturated rings. The van der Waals surface area contributed by atoms with Crippen molar-refractivity contribution in [2.45, 2.75) is 22.8 Å². The summed E-state index contributed by atoms with van der Waals surface area (Å²) in [6, 6.07) is 16.3. The van der Waals surface area contributed by atoms with Crippen molar-refractivity contribution in [3.05, 3.63) is 83.0 Å². The Morgan fingerprint density at radius 1 is 0.929 bits per heavy atom. The van der Waals surface area contributed by atoms with Crippen molar-refractivity contribution < 1.29 is 22.0 Å². The summed E-state index contributed by atoms with van der Waals surface area (Å²) in [7, 11) is -3.81. The van der Waals surface area contributed by atoms with Crippen molar-refractivity contribution in [2.24, 2.45) is 0 Å². The van der Waals surface area contributed by atoms with Gasteiger partial charge in [0, 0.05) is 75.6 Å². The lowest BCUT2D eigenvalue weighted by molar-refractivity contribution is -0.117. The van der Waals surface area contributed by atoms with E-state index in [1.807, 2.05) is 0 Å². The summed E-state index contributed by atoms with van der Waals surface area (Å²) in [5, 5.41) is 6.73. The van der Waals surface area contributed by atoms with Gasteiger partial charge in [-0.05, 0) is 36.4 Å². The first-order chi connectivity index (χ1) is 20.1. The smallest absolute Gasteiger partial charge is 0.298 e. The lowest BCUT2D eigenvalue weighted by atomic mass is 9.96. The Balaban J connectivity index is 1.13. The molecule has 2 aromatic carbocycles. The van der Waals surface area contributed by atoms with Gasteiger partial charge < -0.3 is 20.4 Å². The highest BCUT2D eigenvalue weighted by molar-refractivity contribution is 7.89. The number of sulfonamides is 1. The second-order valence-corrected chi connectivity index (χ2v) is 13.2. The minimum atomic E-state index is -3.81. The van der Waals surface area contributed by atoms with Crippen LogP contribution in [0.15, 0.2) is 71.6 Å². The minimum absolute atomic E-state index is 0.00255. The number of pyridine rings is 1. The minimum Gasteiger partial charge on any atom is -0.354 e. The van der Waals surface area contributed by atoms with Gasteiger partial charge in [0.05, 0.1) is 10.4 Å². The molecule has 1 spiro atoms. The van der Waals surface area contributed by atoms with Gasteiger partial charge in [-0.25, -0.2) is 13.4 Å². The molecule has 1 unspecified atom stereocenters. The van der Waals surface area contributed by atoms with Crippen LogP contribution in [0.3, 0.4) is 0 Å². The highest BCUT2D eigenvalue weighted by Crippen LogP contribution is 2.38. The zero-order valence-electron chi connectivity index (χ0n) is 22.8. The molecule has 0 saturated carbocycles. The molecule has 3 aliphatic rings. The van der Waals surface area contributed by atoms with E-state index in [9.17, 15) is 13.2 Å². The average molecular weight is 617 g/mol. The molecule has 1 amide bonds. The van der Waals surface area contributed by atoms with E-state index < -0.39 is 15.9 Å². The molecule has 9 nitrogen and oxygen atoms in total. The number of aromatic nitrogens is 1. The number of nitrogens with one attached hydrogen (secondary N) is 2. The summed E-state index contributed by atoms with van der Waals surface area (Å²) in [5.41, 5.74) is -0.0909. The average Bonchev–Trinajstić information content (AvgIpc) is 3.32. The molecule has 0 aliphatic carbocycles. The van der Waals surface area contributed by atoms with E-state index >= 15 is 8.78 Å². The van der Waals surface area contributed by atoms with Gasteiger partial charge in [-0.3, -0.25) is 4.79 Å². The number of piperazine rings is 2. The van der Waals surface area contributed by atoms with E-state index in [0.717, 1.165) is 19.2 Å². The molecule has 222 valence electrons. The molecule has 3 aromatic rings. The molecule has 13 heteroatoms. The summed E-state index contributed by atoms with van der Waals surface area (Å²) in [6.45, 7) is 3.68. The Hall–Kier alpha value is -3.16. The fourth-order valence-electron chi connectivity index (χ4n) is 5.86. The van der Waals surface area contributed by atoms with Crippen LogP contribution in [0.4, 0.5) is 20.3 Å². The number of amides is 1. The second kappa shape index (κ2) is 11.2. The number of halogens is 3. The monoisotopic (exact) mass is 616 g/mol. The number of benzene rings is 2. The Labute approximate surface area is 248 Å². The van der Waals surface area contributed by atoms with Crippen LogP contribution in [0.5, 0.6) is 0 Å². The van der Waals surface area contributed by atoms with Gasteiger partial charge in [-0.2, -0.15) is 13.1 Å². The van der Waals surface area contributed by atoms with Gasteiger partial charge in [-0.1, -0.05) is 41.9 Å². The zero-order valence-corrected chi connectivity index (χ0v) is 24.3. The summed E-state index contributed by atoms with van der Waals surface area (Å²) in [4.78, 5) is 20.6. The fourth-order valence-corrected chi connectivity index (χ4v) is 7.48. The molecule has 0 radical (unpaired) electrons. The SMILES string of the molecule is O=C1CC2(CNCCN2)CN1c1ccc(S(=O)(=O)N2CCN(c3cc(C(F)(F)c4ccccc4)cc(Cl)n3)CC2)cc1. The van der Waals surface area contributed by atoms with Gasteiger partial charge in [0.1, 0.15) is 11.0 Å². The number of nitrogens with zero attached hydrogens (tertiary/aromatic N) is 4. The van der Waals surface area contributed by atoms with Crippen molar-refractivity contribution in [3.8, 4) is 0 Å². The lowest BCUT2D eigenvalue weighted by Gasteiger charge is -2.35. The molecule has 6 rings (SSSR count). The van der Waals surface area contributed by atoms with Crippen LogP contribution < -0.4 is 20.4 Å².